The van der Waals surface area contributed by atoms with Crippen molar-refractivity contribution in [2.45, 2.75) is 58.4 Å². The number of rotatable bonds is 5. The van der Waals surface area contributed by atoms with Crippen LogP contribution in [0.3, 0.4) is 0 Å². The minimum atomic E-state index is 0.0146. The summed E-state index contributed by atoms with van der Waals surface area (Å²) in [5.74, 6) is 0.537. The molecule has 1 fully saturated rings. The zero-order valence-electron chi connectivity index (χ0n) is 17.8. The standard InChI is InChI=1S/C24H32N2O2S/c1-16(2)18-8-10-19(11-9-18)23(26-12-14-28-15-13-26)22-20-6-4-5-7-21(20)29-24(22)25-17(3)27/h8-11,16,23H,4-7,12-15H2,1-3H3,(H,25,27)/t23-/m1/s1. The van der Waals surface area contributed by atoms with Gasteiger partial charge in [0.1, 0.15) is 5.00 Å². The van der Waals surface area contributed by atoms with Crippen molar-refractivity contribution in [3.05, 3.63) is 51.4 Å². The van der Waals surface area contributed by atoms with E-state index in [0.29, 0.717) is 5.92 Å². The molecule has 0 radical (unpaired) electrons. The van der Waals surface area contributed by atoms with Gasteiger partial charge in [-0.3, -0.25) is 9.69 Å². The van der Waals surface area contributed by atoms with Crippen LogP contribution >= 0.6 is 11.3 Å². The molecule has 5 heteroatoms. The molecule has 1 aliphatic heterocycles. The Morgan fingerprint density at radius 1 is 1.07 bits per heavy atom. The molecule has 2 aromatic rings. The minimum Gasteiger partial charge on any atom is -0.379 e. The normalized spacial score (nSPS) is 18.5. The Hall–Kier alpha value is -1.69. The van der Waals surface area contributed by atoms with Crippen molar-refractivity contribution in [1.82, 2.24) is 4.90 Å². The van der Waals surface area contributed by atoms with Gasteiger partial charge < -0.3 is 10.1 Å². The molecule has 1 N–H and O–H groups in total. The van der Waals surface area contributed by atoms with Crippen LogP contribution in [0.4, 0.5) is 5.00 Å². The summed E-state index contributed by atoms with van der Waals surface area (Å²) in [5.41, 5.74) is 5.49. The number of fused-ring (bicyclic) bond motifs is 1. The van der Waals surface area contributed by atoms with Gasteiger partial charge in [0.05, 0.1) is 19.3 Å². The Morgan fingerprint density at radius 2 is 1.72 bits per heavy atom. The van der Waals surface area contributed by atoms with E-state index in [1.165, 1.54) is 40.0 Å². The Bertz CT molecular complexity index is 851. The third-order valence-corrected chi connectivity index (χ3v) is 7.33. The van der Waals surface area contributed by atoms with E-state index in [4.69, 9.17) is 4.74 Å². The molecule has 1 aromatic carbocycles. The van der Waals surface area contributed by atoms with Crippen LogP contribution in [-0.4, -0.2) is 37.1 Å². The van der Waals surface area contributed by atoms with Crippen molar-refractivity contribution in [3.8, 4) is 0 Å². The molecule has 156 valence electrons. The number of nitrogens with zero attached hydrogens (tertiary/aromatic N) is 1. The highest BCUT2D eigenvalue weighted by Crippen LogP contribution is 2.45. The molecule has 4 nitrogen and oxygen atoms in total. The molecule has 1 amide bonds. The summed E-state index contributed by atoms with van der Waals surface area (Å²) in [5, 5.41) is 4.22. The van der Waals surface area contributed by atoms with E-state index in [0.717, 1.165) is 44.1 Å². The average Bonchev–Trinajstić information content (AvgIpc) is 3.07. The molecule has 1 saturated heterocycles. The largest absolute Gasteiger partial charge is 0.379 e. The Morgan fingerprint density at radius 3 is 2.38 bits per heavy atom. The maximum atomic E-state index is 12.0. The predicted molar refractivity (Wildman–Crippen MR) is 120 cm³/mol. The number of thiophene rings is 1. The van der Waals surface area contributed by atoms with Crippen LogP contribution in [0.1, 0.15) is 72.7 Å². The number of benzene rings is 1. The first-order valence-corrected chi connectivity index (χ1v) is 11.7. The number of ether oxygens (including phenoxy) is 1. The number of nitrogens with one attached hydrogen (secondary N) is 1. The van der Waals surface area contributed by atoms with E-state index in [-0.39, 0.29) is 11.9 Å². The molecule has 2 heterocycles. The van der Waals surface area contributed by atoms with Crippen molar-refractivity contribution in [3.63, 3.8) is 0 Å². The van der Waals surface area contributed by atoms with Crippen molar-refractivity contribution in [1.29, 1.82) is 0 Å². The summed E-state index contributed by atoms with van der Waals surface area (Å²) < 4.78 is 5.65. The molecular formula is C24H32N2O2S. The lowest BCUT2D eigenvalue weighted by Crippen LogP contribution is -2.40. The van der Waals surface area contributed by atoms with Crippen LogP contribution in [0.15, 0.2) is 24.3 Å². The average molecular weight is 413 g/mol. The van der Waals surface area contributed by atoms with Gasteiger partial charge in [0, 0.05) is 30.5 Å². The zero-order chi connectivity index (χ0) is 20.4. The van der Waals surface area contributed by atoms with Crippen molar-refractivity contribution >= 4 is 22.2 Å². The van der Waals surface area contributed by atoms with E-state index >= 15 is 0 Å². The molecule has 2 aliphatic rings. The van der Waals surface area contributed by atoms with Crippen LogP contribution < -0.4 is 5.32 Å². The van der Waals surface area contributed by atoms with Crippen LogP contribution in [-0.2, 0) is 22.4 Å². The van der Waals surface area contributed by atoms with Crippen LogP contribution in [0.5, 0.6) is 0 Å². The molecule has 1 aliphatic carbocycles. The molecule has 1 aromatic heterocycles. The zero-order valence-corrected chi connectivity index (χ0v) is 18.6. The number of amides is 1. The van der Waals surface area contributed by atoms with E-state index in [1.807, 2.05) is 0 Å². The van der Waals surface area contributed by atoms with Gasteiger partial charge in [-0.05, 0) is 48.3 Å². The van der Waals surface area contributed by atoms with Crippen LogP contribution in [0, 0.1) is 0 Å². The first-order chi connectivity index (χ1) is 14.0. The smallest absolute Gasteiger partial charge is 0.221 e. The summed E-state index contributed by atoms with van der Waals surface area (Å²) in [4.78, 5) is 16.0. The fourth-order valence-corrected chi connectivity index (χ4v) is 5.96. The second-order valence-corrected chi connectivity index (χ2v) is 9.61. The minimum absolute atomic E-state index is 0.0146. The number of hydrogen-bond acceptors (Lipinski definition) is 4. The summed E-state index contributed by atoms with van der Waals surface area (Å²) in [6.45, 7) is 9.45. The third kappa shape index (κ3) is 4.42. The highest BCUT2D eigenvalue weighted by Gasteiger charge is 2.32. The molecule has 4 rings (SSSR count). The SMILES string of the molecule is CC(=O)Nc1sc2c(c1[C@@H](c1ccc(C(C)C)cc1)N1CCOCC1)CCCC2. The van der Waals surface area contributed by atoms with Crippen LogP contribution in [0.2, 0.25) is 0 Å². The van der Waals surface area contributed by atoms with Crippen molar-refractivity contribution in [2.24, 2.45) is 0 Å². The van der Waals surface area contributed by atoms with Crippen LogP contribution in [0.25, 0.3) is 0 Å². The molecule has 0 saturated carbocycles. The lowest BCUT2D eigenvalue weighted by atomic mass is 9.88. The summed E-state index contributed by atoms with van der Waals surface area (Å²) in [6.07, 6.45) is 4.73. The summed E-state index contributed by atoms with van der Waals surface area (Å²) in [7, 11) is 0. The third-order valence-electron chi connectivity index (χ3n) is 6.10. The van der Waals surface area contributed by atoms with Gasteiger partial charge >= 0.3 is 0 Å². The summed E-state index contributed by atoms with van der Waals surface area (Å²) in [6, 6.07) is 9.29. The van der Waals surface area contributed by atoms with E-state index in [2.05, 4.69) is 48.3 Å². The van der Waals surface area contributed by atoms with Gasteiger partial charge in [-0.1, -0.05) is 38.1 Å². The van der Waals surface area contributed by atoms with Gasteiger partial charge in [0.25, 0.3) is 0 Å². The van der Waals surface area contributed by atoms with E-state index < -0.39 is 0 Å². The second kappa shape index (κ2) is 8.99. The highest BCUT2D eigenvalue weighted by atomic mass is 32.1. The van der Waals surface area contributed by atoms with Gasteiger partial charge in [-0.2, -0.15) is 0 Å². The Labute approximate surface area is 178 Å². The molecule has 29 heavy (non-hydrogen) atoms. The fourth-order valence-electron chi connectivity index (χ4n) is 4.59. The first-order valence-electron chi connectivity index (χ1n) is 10.9. The van der Waals surface area contributed by atoms with Crippen molar-refractivity contribution < 1.29 is 9.53 Å². The number of carbonyl (C=O) groups is 1. The number of carbonyl (C=O) groups excluding carboxylic acids is 1. The van der Waals surface area contributed by atoms with Crippen molar-refractivity contribution in [2.75, 3.05) is 31.6 Å². The second-order valence-electron chi connectivity index (χ2n) is 8.51. The Kier molecular flexibility index (Phi) is 6.38. The number of hydrogen-bond donors (Lipinski definition) is 1. The lowest BCUT2D eigenvalue weighted by molar-refractivity contribution is -0.114. The number of morpholine rings is 1. The number of aryl methyl sites for hydroxylation is 1. The maximum Gasteiger partial charge on any atom is 0.221 e. The predicted octanol–water partition coefficient (Wildman–Crippen LogP) is 5.13. The molecule has 0 unspecified atom stereocenters. The fraction of sp³-hybridized carbons (Fsp3) is 0.542. The highest BCUT2D eigenvalue weighted by molar-refractivity contribution is 7.16. The Balaban J connectivity index is 1.82. The monoisotopic (exact) mass is 412 g/mol. The molecule has 0 bridgehead atoms. The van der Waals surface area contributed by atoms with Gasteiger partial charge in [0.15, 0.2) is 0 Å². The quantitative estimate of drug-likeness (QED) is 0.740. The topological polar surface area (TPSA) is 41.6 Å². The molecule has 1 atom stereocenters. The molecular weight excluding hydrogens is 380 g/mol. The maximum absolute atomic E-state index is 12.0. The van der Waals surface area contributed by atoms with E-state index in [9.17, 15) is 4.79 Å². The first kappa shape index (κ1) is 20.6. The van der Waals surface area contributed by atoms with E-state index in [1.54, 1.807) is 18.3 Å². The van der Waals surface area contributed by atoms with Gasteiger partial charge in [-0.25, -0.2) is 0 Å². The lowest BCUT2D eigenvalue weighted by Gasteiger charge is -2.36. The summed E-state index contributed by atoms with van der Waals surface area (Å²) >= 11 is 1.80. The van der Waals surface area contributed by atoms with Gasteiger partial charge in [-0.15, -0.1) is 11.3 Å². The molecule has 0 spiro atoms. The number of anilines is 1. The van der Waals surface area contributed by atoms with Gasteiger partial charge in [0.2, 0.25) is 5.91 Å².